The van der Waals surface area contributed by atoms with Crippen LogP contribution in [0.4, 0.5) is 4.39 Å². The third-order valence-electron chi connectivity index (χ3n) is 5.32. The van der Waals surface area contributed by atoms with Gasteiger partial charge in [-0.05, 0) is 49.2 Å². The van der Waals surface area contributed by atoms with E-state index in [9.17, 15) is 14.0 Å². The van der Waals surface area contributed by atoms with Gasteiger partial charge in [0.05, 0.1) is 6.54 Å². The lowest BCUT2D eigenvalue weighted by atomic mass is 9.95. The number of rotatable bonds is 4. The van der Waals surface area contributed by atoms with Crippen LogP contribution in [-0.2, 0) is 4.79 Å². The topological polar surface area (TPSA) is 67.9 Å². The van der Waals surface area contributed by atoms with Gasteiger partial charge in [0.15, 0.2) is 11.5 Å². The Kier molecular flexibility index (Phi) is 5.64. The van der Waals surface area contributed by atoms with Gasteiger partial charge in [-0.15, -0.1) is 0 Å². The highest BCUT2D eigenvalue weighted by Crippen LogP contribution is 2.30. The van der Waals surface area contributed by atoms with Crippen LogP contribution in [0.1, 0.15) is 23.2 Å². The van der Waals surface area contributed by atoms with Crippen LogP contribution in [0.2, 0.25) is 0 Å². The number of carbonyl (C=O) groups excluding carboxylic acids is 2. The van der Waals surface area contributed by atoms with Gasteiger partial charge in [-0.25, -0.2) is 4.39 Å². The molecule has 2 heterocycles. The Labute approximate surface area is 168 Å². The molecule has 0 unspecified atom stereocenters. The van der Waals surface area contributed by atoms with Crippen molar-refractivity contribution in [2.45, 2.75) is 18.9 Å². The number of hydrogen-bond acceptors (Lipinski definition) is 4. The Hall–Kier alpha value is -3.09. The van der Waals surface area contributed by atoms with Crippen LogP contribution in [0.5, 0.6) is 11.5 Å². The Balaban J connectivity index is 1.23. The van der Waals surface area contributed by atoms with Crippen LogP contribution >= 0.6 is 0 Å². The van der Waals surface area contributed by atoms with Gasteiger partial charge in [0.1, 0.15) is 18.5 Å². The van der Waals surface area contributed by atoms with Crippen molar-refractivity contribution in [1.82, 2.24) is 10.2 Å². The fraction of sp³-hybridized carbons (Fsp3) is 0.364. The van der Waals surface area contributed by atoms with E-state index in [-0.39, 0.29) is 29.7 Å². The number of likely N-dealkylation sites (tertiary alicyclic amines) is 1. The summed E-state index contributed by atoms with van der Waals surface area (Å²) in [6, 6.07) is 13.0. The third-order valence-corrected chi connectivity index (χ3v) is 5.32. The second-order valence-corrected chi connectivity index (χ2v) is 7.32. The minimum atomic E-state index is -0.368. The maximum Gasteiger partial charge on any atom is 0.253 e. The molecule has 29 heavy (non-hydrogen) atoms. The summed E-state index contributed by atoms with van der Waals surface area (Å²) in [5, 5.41) is 2.95. The van der Waals surface area contributed by atoms with Crippen LogP contribution in [0.15, 0.2) is 48.5 Å². The highest BCUT2D eigenvalue weighted by atomic mass is 19.1. The number of nitrogens with zero attached hydrogens (tertiary/aromatic N) is 1. The normalized spacial score (nSPS) is 18.9. The molecule has 2 aliphatic heterocycles. The summed E-state index contributed by atoms with van der Waals surface area (Å²) in [5.41, 5.74) is 0.462. The van der Waals surface area contributed by atoms with E-state index >= 15 is 0 Å². The van der Waals surface area contributed by atoms with E-state index in [0.29, 0.717) is 56.1 Å². The van der Waals surface area contributed by atoms with E-state index in [0.717, 1.165) is 0 Å². The van der Waals surface area contributed by atoms with Gasteiger partial charge in [-0.2, -0.15) is 0 Å². The van der Waals surface area contributed by atoms with Crippen LogP contribution in [0.3, 0.4) is 0 Å². The largest absolute Gasteiger partial charge is 0.486 e. The zero-order valence-electron chi connectivity index (χ0n) is 16.0. The molecule has 0 radical (unpaired) electrons. The Morgan fingerprint density at radius 2 is 1.72 bits per heavy atom. The molecule has 2 aromatic carbocycles. The number of hydrogen-bond donors (Lipinski definition) is 1. The number of piperidine rings is 1. The Morgan fingerprint density at radius 3 is 2.45 bits per heavy atom. The minimum absolute atomic E-state index is 0.0265. The van der Waals surface area contributed by atoms with Crippen molar-refractivity contribution < 1.29 is 23.5 Å². The number of fused-ring (bicyclic) bond motifs is 1. The molecule has 1 fully saturated rings. The van der Waals surface area contributed by atoms with Gasteiger partial charge in [-0.1, -0.05) is 12.1 Å². The minimum Gasteiger partial charge on any atom is -0.486 e. The van der Waals surface area contributed by atoms with Crippen molar-refractivity contribution in [3.8, 4) is 11.5 Å². The first-order valence-corrected chi connectivity index (χ1v) is 9.81. The second-order valence-electron chi connectivity index (χ2n) is 7.32. The lowest BCUT2D eigenvalue weighted by Crippen LogP contribution is -2.46. The third kappa shape index (κ3) is 4.50. The van der Waals surface area contributed by atoms with E-state index < -0.39 is 0 Å². The van der Waals surface area contributed by atoms with Crippen molar-refractivity contribution >= 4 is 11.8 Å². The van der Waals surface area contributed by atoms with Gasteiger partial charge < -0.3 is 19.7 Å². The van der Waals surface area contributed by atoms with Crippen molar-refractivity contribution in [3.63, 3.8) is 0 Å². The molecule has 2 aromatic rings. The molecule has 1 N–H and O–H groups in total. The summed E-state index contributed by atoms with van der Waals surface area (Å²) in [7, 11) is 0. The van der Waals surface area contributed by atoms with E-state index in [1.54, 1.807) is 4.90 Å². The van der Waals surface area contributed by atoms with Crippen molar-refractivity contribution in [1.29, 1.82) is 0 Å². The molecule has 6 nitrogen and oxygen atoms in total. The first-order chi connectivity index (χ1) is 14.1. The molecule has 4 rings (SSSR count). The van der Waals surface area contributed by atoms with Crippen LogP contribution in [0, 0.1) is 11.7 Å². The number of halogens is 1. The summed E-state index contributed by atoms with van der Waals surface area (Å²) in [5.74, 6) is 0.743. The maximum absolute atomic E-state index is 13.0. The zero-order chi connectivity index (χ0) is 20.2. The van der Waals surface area contributed by atoms with Gasteiger partial charge in [0.25, 0.3) is 5.91 Å². The predicted molar refractivity (Wildman–Crippen MR) is 104 cm³/mol. The zero-order valence-corrected chi connectivity index (χ0v) is 16.0. The van der Waals surface area contributed by atoms with E-state index in [4.69, 9.17) is 9.47 Å². The summed E-state index contributed by atoms with van der Waals surface area (Å²) in [6.45, 7) is 1.78. The monoisotopic (exact) mass is 398 g/mol. The second kappa shape index (κ2) is 8.51. The first-order valence-electron chi connectivity index (χ1n) is 9.81. The van der Waals surface area contributed by atoms with Gasteiger partial charge in [0, 0.05) is 24.6 Å². The predicted octanol–water partition coefficient (Wildman–Crippen LogP) is 2.63. The number of ether oxygens (including phenoxy) is 2. The van der Waals surface area contributed by atoms with Gasteiger partial charge in [0.2, 0.25) is 5.91 Å². The molecule has 1 atom stereocenters. The van der Waals surface area contributed by atoms with E-state index in [1.165, 1.54) is 24.3 Å². The van der Waals surface area contributed by atoms with Gasteiger partial charge in [-0.3, -0.25) is 9.59 Å². The van der Waals surface area contributed by atoms with Crippen molar-refractivity contribution in [2.75, 3.05) is 26.2 Å². The highest BCUT2D eigenvalue weighted by molar-refractivity contribution is 5.94. The van der Waals surface area contributed by atoms with E-state index in [2.05, 4.69) is 5.32 Å². The smallest absolute Gasteiger partial charge is 0.253 e. The van der Waals surface area contributed by atoms with Crippen molar-refractivity contribution in [3.05, 3.63) is 59.9 Å². The fourth-order valence-corrected chi connectivity index (χ4v) is 3.64. The molecule has 0 aliphatic carbocycles. The standard InChI is InChI=1S/C22H23FN2O4/c23-17-7-5-16(6-8-17)22(27)25-11-9-15(10-12-25)21(26)24-13-18-14-28-19-3-1-2-4-20(19)29-18/h1-8,15,18H,9-14H2,(H,24,26)/t18-/m1/s1. The van der Waals surface area contributed by atoms with Gasteiger partial charge >= 0.3 is 0 Å². The van der Waals surface area contributed by atoms with Crippen LogP contribution < -0.4 is 14.8 Å². The molecule has 2 amide bonds. The molecule has 0 aromatic heterocycles. The van der Waals surface area contributed by atoms with E-state index in [1.807, 2.05) is 24.3 Å². The first kappa shape index (κ1) is 19.2. The number of nitrogens with one attached hydrogen (secondary N) is 1. The molecule has 7 heteroatoms. The molecule has 0 bridgehead atoms. The Bertz CT molecular complexity index is 879. The molecule has 0 saturated carbocycles. The quantitative estimate of drug-likeness (QED) is 0.860. The Morgan fingerprint density at radius 1 is 1.03 bits per heavy atom. The summed E-state index contributed by atoms with van der Waals surface area (Å²) in [4.78, 5) is 26.7. The summed E-state index contributed by atoms with van der Waals surface area (Å²) in [6.07, 6.45) is 0.974. The number of para-hydroxylation sites is 2. The molecule has 0 spiro atoms. The average Bonchev–Trinajstić information content (AvgIpc) is 2.77. The molecule has 2 aliphatic rings. The summed E-state index contributed by atoms with van der Waals surface area (Å²) >= 11 is 0. The fourth-order valence-electron chi connectivity index (χ4n) is 3.64. The lowest BCUT2D eigenvalue weighted by Gasteiger charge is -2.32. The number of benzene rings is 2. The molecular formula is C22H23FN2O4. The molecule has 152 valence electrons. The highest BCUT2D eigenvalue weighted by Gasteiger charge is 2.29. The van der Waals surface area contributed by atoms with Crippen molar-refractivity contribution in [2.24, 2.45) is 5.92 Å². The van der Waals surface area contributed by atoms with Crippen LogP contribution in [-0.4, -0.2) is 49.1 Å². The maximum atomic E-state index is 13.0. The average molecular weight is 398 g/mol. The number of amides is 2. The SMILES string of the molecule is O=C(NC[C@@H]1COc2ccccc2O1)C1CCN(C(=O)c2ccc(F)cc2)CC1. The number of carbonyl (C=O) groups is 2. The molecular weight excluding hydrogens is 375 g/mol. The molecule has 1 saturated heterocycles. The summed E-state index contributed by atoms with van der Waals surface area (Å²) < 4.78 is 24.5. The van der Waals surface area contributed by atoms with Crippen LogP contribution in [0.25, 0.3) is 0 Å². The lowest BCUT2D eigenvalue weighted by molar-refractivity contribution is -0.126.